The third-order valence-corrected chi connectivity index (χ3v) is 1.66. The minimum Gasteiger partial charge on any atom is -0.286 e. The lowest BCUT2D eigenvalue weighted by Crippen LogP contribution is -2.45. The minimum atomic E-state index is -2.71. The first-order valence-corrected chi connectivity index (χ1v) is 3.59. The van der Waals surface area contributed by atoms with Gasteiger partial charge in [0.25, 0.3) is 0 Å². The van der Waals surface area contributed by atoms with Gasteiger partial charge in [-0.25, -0.2) is 0 Å². The van der Waals surface area contributed by atoms with Gasteiger partial charge in [-0.1, -0.05) is 6.42 Å². The minimum absolute atomic E-state index is 0.0129. The quantitative estimate of drug-likeness (QED) is 0.583. The molecule has 1 aliphatic heterocycles. The molecule has 0 bridgehead atoms. The molecular weight excluding hydrogens is 136 g/mol. The van der Waals surface area contributed by atoms with Crippen LogP contribution in [0.15, 0.2) is 0 Å². The Morgan fingerprint density at radius 1 is 1.73 bits per heavy atom. The van der Waals surface area contributed by atoms with Crippen LogP contribution < -0.4 is 0 Å². The highest BCUT2D eigenvalue weighted by Crippen LogP contribution is 2.19. The molecule has 2 nitrogen and oxygen atoms in total. The highest BCUT2D eigenvalue weighted by atomic mass is 15.2. The highest BCUT2D eigenvalue weighted by Gasteiger charge is 2.26. The fourth-order valence-corrected chi connectivity index (χ4v) is 0.929. The molecule has 0 radical (unpaired) electrons. The van der Waals surface area contributed by atoms with Crippen molar-refractivity contribution in [3.63, 3.8) is 0 Å². The van der Waals surface area contributed by atoms with Crippen molar-refractivity contribution in [1.82, 2.24) is 4.90 Å². The second-order valence-electron chi connectivity index (χ2n) is 2.73. The third-order valence-electron chi connectivity index (χ3n) is 1.66. The molecule has 0 spiro atoms. The molecule has 0 saturated carbocycles. The average molecular weight is 159 g/mol. The van der Waals surface area contributed by atoms with Gasteiger partial charge in [-0.15, -0.1) is 0 Å². The molecule has 62 valence electrons. The molecule has 11 heavy (non-hydrogen) atoms. The van der Waals surface area contributed by atoms with Crippen LogP contribution in [0.4, 0.5) is 0 Å². The lowest BCUT2D eigenvalue weighted by atomic mass is 10.0. The van der Waals surface area contributed by atoms with E-state index < -0.39 is 25.3 Å². The second-order valence-corrected chi connectivity index (χ2v) is 2.73. The van der Waals surface area contributed by atoms with Crippen molar-refractivity contribution < 1.29 is 9.60 Å². The van der Waals surface area contributed by atoms with Gasteiger partial charge in [0.1, 0.15) is 5.54 Å². The summed E-state index contributed by atoms with van der Waals surface area (Å²) in [6.07, 6.45) is -1.84. The fraction of sp³-hybridized carbons (Fsp3) is 0.889. The molecule has 0 N–H and O–H groups in total. The summed E-state index contributed by atoms with van der Waals surface area (Å²) in [5, 5.41) is 9.13. The Labute approximate surface area is 78.6 Å². The van der Waals surface area contributed by atoms with E-state index >= 15 is 0 Å². The first-order valence-electron chi connectivity index (χ1n) is 7.09. The van der Waals surface area contributed by atoms with Crippen molar-refractivity contribution in [2.75, 3.05) is 13.0 Å². The van der Waals surface area contributed by atoms with Crippen LogP contribution in [0.5, 0.6) is 0 Å². The molecule has 1 rings (SSSR count). The van der Waals surface area contributed by atoms with E-state index in [1.165, 1.54) is 0 Å². The summed E-state index contributed by atoms with van der Waals surface area (Å²) in [7, 11) is 0. The first kappa shape index (κ1) is 3.06. The first-order chi connectivity index (χ1) is 7.90. The predicted octanol–water partition coefficient (Wildman–Crippen LogP) is 1.77. The average Bonchev–Trinajstić information content (AvgIpc) is 2.19. The van der Waals surface area contributed by atoms with Gasteiger partial charge in [0.15, 0.2) is 0 Å². The SMILES string of the molecule is [2H]C([2H])([2H])C(C)(C#N)N1CCCC([2H])([2H])C1([2H])[2H]. The van der Waals surface area contributed by atoms with Gasteiger partial charge < -0.3 is 0 Å². The number of nitriles is 1. The van der Waals surface area contributed by atoms with E-state index in [2.05, 4.69) is 0 Å². The molecular formula is C9H16N2. The summed E-state index contributed by atoms with van der Waals surface area (Å²) in [5.74, 6) is 0. The molecule has 0 aromatic rings. The molecule has 0 aromatic heterocycles. The summed E-state index contributed by atoms with van der Waals surface area (Å²) < 4.78 is 53.3. The molecule has 1 heterocycles. The zero-order valence-electron chi connectivity index (χ0n) is 13.5. The Bertz CT molecular complexity index is 370. The van der Waals surface area contributed by atoms with E-state index in [4.69, 9.17) is 14.9 Å². The molecule has 0 amide bonds. The normalized spacial score (nSPS) is 45.3. The van der Waals surface area contributed by atoms with Gasteiger partial charge in [-0.3, -0.25) is 4.90 Å². The van der Waals surface area contributed by atoms with E-state index in [0.717, 1.165) is 11.8 Å². The molecule has 1 aliphatic rings. The highest BCUT2D eigenvalue weighted by molar-refractivity contribution is 5.02. The second kappa shape index (κ2) is 3.23. The zero-order chi connectivity index (χ0) is 14.4. The van der Waals surface area contributed by atoms with Gasteiger partial charge in [0.05, 0.1) is 6.07 Å². The lowest BCUT2D eigenvalue weighted by Gasteiger charge is -2.35. The van der Waals surface area contributed by atoms with Gasteiger partial charge in [-0.05, 0) is 39.6 Å². The molecule has 2 heteroatoms. The van der Waals surface area contributed by atoms with Gasteiger partial charge in [0.2, 0.25) is 0 Å². The standard InChI is InChI=1S/C9H16N2/c1-9(2,8-10)11-6-4-3-5-7-11/h3-7H2,1-2H3/i1D3,4D2,6D2. The van der Waals surface area contributed by atoms with Crippen LogP contribution >= 0.6 is 0 Å². The van der Waals surface area contributed by atoms with Gasteiger partial charge >= 0.3 is 0 Å². The van der Waals surface area contributed by atoms with E-state index in [9.17, 15) is 0 Å². The molecule has 1 fully saturated rings. The summed E-state index contributed by atoms with van der Waals surface area (Å²) in [6, 6.07) is 1.64. The van der Waals surface area contributed by atoms with Gasteiger partial charge in [0, 0.05) is 9.60 Å². The predicted molar refractivity (Wildman–Crippen MR) is 45.1 cm³/mol. The van der Waals surface area contributed by atoms with Crippen LogP contribution in [0.3, 0.4) is 0 Å². The molecule has 1 atom stereocenters. The number of rotatable bonds is 1. The molecule has 1 unspecified atom stereocenters. The van der Waals surface area contributed by atoms with Crippen LogP contribution in [-0.2, 0) is 0 Å². The van der Waals surface area contributed by atoms with Crippen LogP contribution in [0, 0.1) is 11.3 Å². The molecule has 0 aliphatic carbocycles. The van der Waals surface area contributed by atoms with Crippen molar-refractivity contribution in [2.24, 2.45) is 0 Å². The van der Waals surface area contributed by atoms with Crippen LogP contribution in [0.1, 0.15) is 42.6 Å². The fourth-order valence-electron chi connectivity index (χ4n) is 0.929. The summed E-state index contributed by atoms with van der Waals surface area (Å²) in [6.45, 7) is -4.00. The molecule has 0 aromatic carbocycles. The van der Waals surface area contributed by atoms with E-state index in [1.54, 1.807) is 6.07 Å². The van der Waals surface area contributed by atoms with E-state index in [-0.39, 0.29) is 13.0 Å². The number of hydrogen-bond acceptors (Lipinski definition) is 2. The Hall–Kier alpha value is -0.550. The maximum atomic E-state index is 9.13. The summed E-state index contributed by atoms with van der Waals surface area (Å²) in [4.78, 5) is 0.844. The Morgan fingerprint density at radius 3 is 3.18 bits per heavy atom. The van der Waals surface area contributed by atoms with Crippen molar-refractivity contribution in [2.45, 2.75) is 38.5 Å². The number of piperidine rings is 1. The number of likely N-dealkylation sites (tertiary alicyclic amines) is 1. The number of nitrogens with zero attached hydrogens (tertiary/aromatic N) is 2. The maximum absolute atomic E-state index is 9.13. The third kappa shape index (κ3) is 1.94. The van der Waals surface area contributed by atoms with E-state index in [0.29, 0.717) is 6.42 Å². The molecule has 1 saturated heterocycles. The maximum Gasteiger partial charge on any atom is 0.103 e. The smallest absolute Gasteiger partial charge is 0.103 e. The monoisotopic (exact) mass is 159 g/mol. The Balaban J connectivity index is 3.27. The Kier molecular flexibility index (Phi) is 0.900. The topological polar surface area (TPSA) is 27.0 Å². The summed E-state index contributed by atoms with van der Waals surface area (Å²) in [5.41, 5.74) is -2.04. The Morgan fingerprint density at radius 2 is 2.55 bits per heavy atom. The largest absolute Gasteiger partial charge is 0.286 e. The van der Waals surface area contributed by atoms with Crippen molar-refractivity contribution >= 4 is 0 Å². The van der Waals surface area contributed by atoms with Crippen LogP contribution in [-0.4, -0.2) is 23.5 Å². The summed E-state index contributed by atoms with van der Waals surface area (Å²) >= 11 is 0. The van der Waals surface area contributed by atoms with Gasteiger partial charge in [-0.2, -0.15) is 5.26 Å². The number of hydrogen-bond donors (Lipinski definition) is 0. The van der Waals surface area contributed by atoms with Crippen molar-refractivity contribution in [1.29, 1.82) is 5.26 Å². The zero-order valence-corrected chi connectivity index (χ0v) is 6.52. The van der Waals surface area contributed by atoms with Crippen molar-refractivity contribution in [3.8, 4) is 6.07 Å². The van der Waals surface area contributed by atoms with Crippen molar-refractivity contribution in [3.05, 3.63) is 0 Å². The van der Waals surface area contributed by atoms with E-state index in [1.807, 2.05) is 0 Å². The lowest BCUT2D eigenvalue weighted by molar-refractivity contribution is 0.138. The van der Waals surface area contributed by atoms with Crippen LogP contribution in [0.2, 0.25) is 0 Å². The van der Waals surface area contributed by atoms with Crippen LogP contribution in [0.25, 0.3) is 0 Å².